The van der Waals surface area contributed by atoms with Crippen LogP contribution in [0.1, 0.15) is 11.3 Å². The molecule has 5 heteroatoms. The standard InChI is InChI=1S/C16H16N2O2S/c1-17-10-12-4-6-14(7-5-12)19-11-13-9-15(20-18-13)16-3-2-8-21-16/h2-9,17H,10-11H2,1H3. The van der Waals surface area contributed by atoms with E-state index < -0.39 is 0 Å². The molecule has 0 radical (unpaired) electrons. The molecule has 0 aliphatic heterocycles. The van der Waals surface area contributed by atoms with Gasteiger partial charge in [-0.05, 0) is 36.2 Å². The average Bonchev–Trinajstić information content (AvgIpc) is 3.18. The van der Waals surface area contributed by atoms with E-state index in [4.69, 9.17) is 9.26 Å². The van der Waals surface area contributed by atoms with Gasteiger partial charge in [-0.25, -0.2) is 0 Å². The summed E-state index contributed by atoms with van der Waals surface area (Å²) >= 11 is 1.63. The summed E-state index contributed by atoms with van der Waals surface area (Å²) in [7, 11) is 1.93. The average molecular weight is 300 g/mol. The molecular weight excluding hydrogens is 284 g/mol. The van der Waals surface area contributed by atoms with Gasteiger partial charge in [0, 0.05) is 12.6 Å². The molecule has 2 aromatic heterocycles. The fraction of sp³-hybridized carbons (Fsp3) is 0.188. The maximum atomic E-state index is 5.72. The third kappa shape index (κ3) is 3.51. The Bertz CT molecular complexity index is 675. The van der Waals surface area contributed by atoms with E-state index in [1.165, 1.54) is 5.56 Å². The predicted molar refractivity (Wildman–Crippen MR) is 83.4 cm³/mol. The van der Waals surface area contributed by atoms with Crippen LogP contribution >= 0.6 is 11.3 Å². The predicted octanol–water partition coefficient (Wildman–Crippen LogP) is 3.70. The lowest BCUT2D eigenvalue weighted by atomic mass is 10.2. The first-order valence-electron chi connectivity index (χ1n) is 6.71. The minimum atomic E-state index is 0.403. The third-order valence-electron chi connectivity index (χ3n) is 3.01. The Morgan fingerprint density at radius 2 is 2.10 bits per heavy atom. The Morgan fingerprint density at radius 1 is 1.24 bits per heavy atom. The molecule has 0 unspecified atom stereocenters. The van der Waals surface area contributed by atoms with E-state index in [-0.39, 0.29) is 0 Å². The number of thiophene rings is 1. The minimum Gasteiger partial charge on any atom is -0.487 e. The molecule has 0 aliphatic carbocycles. The number of benzene rings is 1. The van der Waals surface area contributed by atoms with Gasteiger partial charge in [0.15, 0.2) is 5.76 Å². The molecule has 4 nitrogen and oxygen atoms in total. The summed E-state index contributed by atoms with van der Waals surface area (Å²) in [5, 5.41) is 9.16. The second-order valence-electron chi connectivity index (χ2n) is 4.62. The molecule has 1 aromatic carbocycles. The highest BCUT2D eigenvalue weighted by Crippen LogP contribution is 2.25. The number of nitrogens with one attached hydrogen (secondary N) is 1. The number of hydrogen-bond donors (Lipinski definition) is 1. The summed E-state index contributed by atoms with van der Waals surface area (Å²) < 4.78 is 11.0. The largest absolute Gasteiger partial charge is 0.487 e. The van der Waals surface area contributed by atoms with Crippen molar-refractivity contribution in [1.29, 1.82) is 0 Å². The molecule has 3 aromatic rings. The zero-order valence-electron chi connectivity index (χ0n) is 11.7. The zero-order valence-corrected chi connectivity index (χ0v) is 12.5. The molecule has 0 amide bonds. The van der Waals surface area contributed by atoms with E-state index >= 15 is 0 Å². The van der Waals surface area contributed by atoms with Gasteiger partial charge in [-0.3, -0.25) is 0 Å². The topological polar surface area (TPSA) is 47.3 Å². The van der Waals surface area contributed by atoms with Crippen LogP contribution in [0.25, 0.3) is 10.6 Å². The molecule has 0 aliphatic rings. The molecule has 0 atom stereocenters. The van der Waals surface area contributed by atoms with Crippen LogP contribution in [0.2, 0.25) is 0 Å². The van der Waals surface area contributed by atoms with Crippen LogP contribution in [0.4, 0.5) is 0 Å². The van der Waals surface area contributed by atoms with Crippen LogP contribution in [0.15, 0.2) is 52.4 Å². The van der Waals surface area contributed by atoms with Gasteiger partial charge in [0.05, 0.1) is 4.88 Å². The van der Waals surface area contributed by atoms with Gasteiger partial charge in [0.1, 0.15) is 18.1 Å². The first-order valence-corrected chi connectivity index (χ1v) is 7.59. The van der Waals surface area contributed by atoms with Crippen molar-refractivity contribution in [2.75, 3.05) is 7.05 Å². The number of aromatic nitrogens is 1. The molecule has 3 rings (SSSR count). The van der Waals surface area contributed by atoms with Crippen molar-refractivity contribution in [2.24, 2.45) is 0 Å². The van der Waals surface area contributed by atoms with Gasteiger partial charge in [0.25, 0.3) is 0 Å². The van der Waals surface area contributed by atoms with E-state index in [2.05, 4.69) is 10.5 Å². The van der Waals surface area contributed by atoms with Crippen molar-refractivity contribution in [2.45, 2.75) is 13.2 Å². The summed E-state index contributed by atoms with van der Waals surface area (Å²) in [5.74, 6) is 1.61. The second kappa shape index (κ2) is 6.56. The number of nitrogens with zero attached hydrogens (tertiary/aromatic N) is 1. The van der Waals surface area contributed by atoms with E-state index in [1.54, 1.807) is 11.3 Å². The van der Waals surface area contributed by atoms with Crippen molar-refractivity contribution in [3.63, 3.8) is 0 Å². The van der Waals surface area contributed by atoms with E-state index in [1.807, 2.05) is 54.9 Å². The summed E-state index contributed by atoms with van der Waals surface area (Å²) in [5.41, 5.74) is 2.02. The Morgan fingerprint density at radius 3 is 2.81 bits per heavy atom. The van der Waals surface area contributed by atoms with Crippen molar-refractivity contribution >= 4 is 11.3 Å². The van der Waals surface area contributed by atoms with Crippen LogP contribution in [0.3, 0.4) is 0 Å². The molecule has 0 saturated carbocycles. The van der Waals surface area contributed by atoms with Crippen LogP contribution < -0.4 is 10.1 Å². The number of rotatable bonds is 6. The van der Waals surface area contributed by atoms with Gasteiger partial charge in [-0.15, -0.1) is 11.3 Å². The van der Waals surface area contributed by atoms with Crippen LogP contribution in [0, 0.1) is 0 Å². The van der Waals surface area contributed by atoms with E-state index in [0.717, 1.165) is 28.6 Å². The molecule has 0 fully saturated rings. The quantitative estimate of drug-likeness (QED) is 0.754. The number of ether oxygens (including phenoxy) is 1. The van der Waals surface area contributed by atoms with Gasteiger partial charge < -0.3 is 14.6 Å². The zero-order chi connectivity index (χ0) is 14.5. The lowest BCUT2D eigenvalue weighted by Crippen LogP contribution is -2.04. The molecule has 21 heavy (non-hydrogen) atoms. The maximum Gasteiger partial charge on any atom is 0.177 e. The monoisotopic (exact) mass is 300 g/mol. The summed E-state index contributed by atoms with van der Waals surface area (Å²) in [4.78, 5) is 1.07. The SMILES string of the molecule is CNCc1ccc(OCc2cc(-c3cccs3)on2)cc1. The van der Waals surface area contributed by atoms with Crippen LogP contribution in [0.5, 0.6) is 5.75 Å². The molecule has 0 bridgehead atoms. The fourth-order valence-electron chi connectivity index (χ4n) is 1.98. The summed E-state index contributed by atoms with van der Waals surface area (Å²) in [6, 6.07) is 13.9. The van der Waals surface area contributed by atoms with Gasteiger partial charge in [-0.2, -0.15) is 0 Å². The Labute approximate surface area is 127 Å². The maximum absolute atomic E-state index is 5.72. The van der Waals surface area contributed by atoms with Crippen molar-refractivity contribution in [1.82, 2.24) is 10.5 Å². The van der Waals surface area contributed by atoms with Crippen molar-refractivity contribution in [3.05, 3.63) is 59.1 Å². The Balaban J connectivity index is 1.60. The molecule has 0 spiro atoms. The first kappa shape index (κ1) is 13.9. The van der Waals surface area contributed by atoms with Gasteiger partial charge >= 0.3 is 0 Å². The Hall–Kier alpha value is -2.11. The summed E-state index contributed by atoms with van der Waals surface area (Å²) in [6.07, 6.45) is 0. The highest BCUT2D eigenvalue weighted by atomic mass is 32.1. The smallest absolute Gasteiger partial charge is 0.177 e. The highest BCUT2D eigenvalue weighted by Gasteiger charge is 2.08. The van der Waals surface area contributed by atoms with Crippen LogP contribution in [-0.2, 0) is 13.2 Å². The second-order valence-corrected chi connectivity index (χ2v) is 5.57. The van der Waals surface area contributed by atoms with Gasteiger partial charge in [-0.1, -0.05) is 23.4 Å². The highest BCUT2D eigenvalue weighted by molar-refractivity contribution is 7.13. The first-order chi connectivity index (χ1) is 10.3. The van der Waals surface area contributed by atoms with Gasteiger partial charge in [0.2, 0.25) is 0 Å². The molecule has 1 N–H and O–H groups in total. The minimum absolute atomic E-state index is 0.403. The van der Waals surface area contributed by atoms with Crippen molar-refractivity contribution in [3.8, 4) is 16.4 Å². The lowest BCUT2D eigenvalue weighted by molar-refractivity contribution is 0.290. The number of hydrogen-bond acceptors (Lipinski definition) is 5. The van der Waals surface area contributed by atoms with E-state index in [0.29, 0.717) is 6.61 Å². The molecule has 108 valence electrons. The normalized spacial score (nSPS) is 10.7. The lowest BCUT2D eigenvalue weighted by Gasteiger charge is -2.05. The summed E-state index contributed by atoms with van der Waals surface area (Å²) in [6.45, 7) is 1.26. The third-order valence-corrected chi connectivity index (χ3v) is 3.90. The van der Waals surface area contributed by atoms with E-state index in [9.17, 15) is 0 Å². The molecule has 2 heterocycles. The molecule has 0 saturated heterocycles. The molecular formula is C16H16N2O2S. The van der Waals surface area contributed by atoms with Crippen LogP contribution in [-0.4, -0.2) is 12.2 Å². The van der Waals surface area contributed by atoms with Crippen molar-refractivity contribution < 1.29 is 9.26 Å². The Kier molecular flexibility index (Phi) is 4.33. The fourth-order valence-corrected chi connectivity index (χ4v) is 2.65.